The summed E-state index contributed by atoms with van der Waals surface area (Å²) in [5.41, 5.74) is -1.08. The quantitative estimate of drug-likeness (QED) is 0.522. The molecular weight excluding hydrogens is 208 g/mol. The Morgan fingerprint density at radius 3 is 1.89 bits per heavy atom. The molecule has 0 aliphatic heterocycles. The lowest BCUT2D eigenvalue weighted by Crippen LogP contribution is -2.09. The molecule has 0 unspecified atom stereocenters. The van der Waals surface area contributed by atoms with Gasteiger partial charge in [-0.1, -0.05) is 0 Å². The van der Waals surface area contributed by atoms with Gasteiger partial charge in [0, 0.05) is 0 Å². The van der Waals surface area contributed by atoms with Crippen molar-refractivity contribution in [2.24, 2.45) is 0 Å². The van der Waals surface area contributed by atoms with Gasteiger partial charge in [0.15, 0.2) is 0 Å². The Hall–Kier alpha value is 1.27. The fourth-order valence-electron chi connectivity index (χ4n) is 0.131. The van der Waals surface area contributed by atoms with Gasteiger partial charge in [-0.05, 0) is 0 Å². The summed E-state index contributed by atoms with van der Waals surface area (Å²) in [6.45, 7) is 0. The van der Waals surface area contributed by atoms with Crippen molar-refractivity contribution in [3.05, 3.63) is 0 Å². The SMILES string of the molecule is FC(F)(F)CSP(S)S. The van der Waals surface area contributed by atoms with Gasteiger partial charge in [0.2, 0.25) is 0 Å². The van der Waals surface area contributed by atoms with Gasteiger partial charge < -0.3 is 0 Å². The van der Waals surface area contributed by atoms with Crippen LogP contribution in [0.15, 0.2) is 0 Å². The second kappa shape index (κ2) is 4.21. The maximum atomic E-state index is 11.3. The number of rotatable bonds is 2. The summed E-state index contributed by atoms with van der Waals surface area (Å²) >= 11 is 8.11. The summed E-state index contributed by atoms with van der Waals surface area (Å²) < 4.78 is 34.0. The van der Waals surface area contributed by atoms with E-state index in [4.69, 9.17) is 0 Å². The Balaban J connectivity index is 3.28. The molecule has 0 nitrogen and oxygen atoms in total. The maximum Gasteiger partial charge on any atom is 0.398 e. The van der Waals surface area contributed by atoms with Crippen molar-refractivity contribution in [3.8, 4) is 0 Å². The van der Waals surface area contributed by atoms with E-state index in [0.29, 0.717) is 11.4 Å². The normalized spacial score (nSPS) is 12.7. The van der Waals surface area contributed by atoms with Crippen molar-refractivity contribution < 1.29 is 13.2 Å². The molecule has 0 aromatic carbocycles. The lowest BCUT2D eigenvalue weighted by atomic mass is 10.8. The topological polar surface area (TPSA) is 0 Å². The molecule has 0 amide bonds. The van der Waals surface area contributed by atoms with E-state index < -0.39 is 17.5 Å². The number of alkyl halides is 3. The van der Waals surface area contributed by atoms with Crippen LogP contribution in [0, 0.1) is 0 Å². The summed E-state index contributed by atoms with van der Waals surface area (Å²) in [5, 5.41) is 0. The van der Waals surface area contributed by atoms with Crippen LogP contribution in [-0.4, -0.2) is 11.9 Å². The lowest BCUT2D eigenvalue weighted by Gasteiger charge is -2.05. The molecule has 0 atom stereocenters. The molecule has 0 aromatic rings. The third-order valence-electron chi connectivity index (χ3n) is 0.344. The minimum absolute atomic E-state index is 0.706. The van der Waals surface area contributed by atoms with Gasteiger partial charge in [0.1, 0.15) is 0 Å². The zero-order chi connectivity index (χ0) is 7.49. The summed E-state index contributed by atoms with van der Waals surface area (Å²) in [6, 6.07) is 0. The summed E-state index contributed by atoms with van der Waals surface area (Å²) in [4.78, 5) is 0. The number of hydrogen-bond acceptors (Lipinski definition) is 3. The van der Waals surface area contributed by atoms with Crippen molar-refractivity contribution in [2.45, 2.75) is 6.18 Å². The molecule has 0 N–H and O–H groups in total. The highest BCUT2D eigenvalue weighted by Gasteiger charge is 2.27. The molecule has 0 aliphatic carbocycles. The van der Waals surface area contributed by atoms with Gasteiger partial charge in [-0.15, -0.1) is 35.9 Å². The highest BCUT2D eigenvalue weighted by molar-refractivity contribution is 9.06. The Kier molecular flexibility index (Phi) is 4.81. The van der Waals surface area contributed by atoms with Crippen LogP contribution in [0.5, 0.6) is 0 Å². The minimum Gasteiger partial charge on any atom is -0.170 e. The van der Waals surface area contributed by atoms with Crippen LogP contribution in [0.2, 0.25) is 0 Å². The van der Waals surface area contributed by atoms with Crippen molar-refractivity contribution >= 4 is 41.4 Å². The van der Waals surface area contributed by atoms with Crippen LogP contribution in [0.4, 0.5) is 13.2 Å². The van der Waals surface area contributed by atoms with Gasteiger partial charge in [-0.3, -0.25) is 0 Å². The van der Waals surface area contributed by atoms with E-state index in [1.54, 1.807) is 0 Å². The number of halogens is 3. The Labute approximate surface area is 66.8 Å². The third kappa shape index (κ3) is 9.27. The molecule has 9 heavy (non-hydrogen) atoms. The van der Waals surface area contributed by atoms with Crippen LogP contribution >= 0.6 is 41.4 Å². The summed E-state index contributed by atoms with van der Waals surface area (Å²) in [7, 11) is 0. The van der Waals surface area contributed by atoms with Crippen molar-refractivity contribution in [3.63, 3.8) is 0 Å². The van der Waals surface area contributed by atoms with Crippen molar-refractivity contribution in [2.75, 3.05) is 5.75 Å². The maximum absolute atomic E-state index is 11.3. The van der Waals surface area contributed by atoms with E-state index in [2.05, 4.69) is 24.5 Å². The van der Waals surface area contributed by atoms with Crippen molar-refractivity contribution in [1.29, 1.82) is 0 Å². The van der Waals surface area contributed by atoms with E-state index in [1.165, 1.54) is 0 Å². The lowest BCUT2D eigenvalue weighted by molar-refractivity contribution is -0.104. The van der Waals surface area contributed by atoms with Gasteiger partial charge in [-0.2, -0.15) is 13.2 Å². The average Bonchev–Trinajstić information content (AvgIpc) is 1.59. The van der Waals surface area contributed by atoms with Crippen LogP contribution in [0.25, 0.3) is 0 Å². The standard InChI is InChI=1S/C2H4F3PS3/c3-2(4,5)1-9-6(7)8/h7-8H,1H2. The van der Waals surface area contributed by atoms with Gasteiger partial charge in [0.25, 0.3) is 0 Å². The Morgan fingerprint density at radius 1 is 1.33 bits per heavy atom. The molecule has 0 aliphatic rings. The van der Waals surface area contributed by atoms with Crippen LogP contribution in [0.3, 0.4) is 0 Å². The molecule has 0 rings (SSSR count). The molecular formula is C2H4F3PS3. The highest BCUT2D eigenvalue weighted by Crippen LogP contribution is 2.59. The first-order valence-electron chi connectivity index (χ1n) is 1.79. The molecule has 0 saturated heterocycles. The van der Waals surface area contributed by atoms with E-state index in [9.17, 15) is 13.2 Å². The molecule has 7 heteroatoms. The van der Waals surface area contributed by atoms with E-state index >= 15 is 0 Å². The third-order valence-corrected chi connectivity index (χ3v) is 4.19. The summed E-state index contributed by atoms with van der Waals surface area (Å²) in [6.07, 6.45) is -4.09. The van der Waals surface area contributed by atoms with E-state index in [1.807, 2.05) is 0 Å². The average molecular weight is 212 g/mol. The molecule has 0 heterocycles. The molecule has 0 fully saturated rings. The largest absolute Gasteiger partial charge is 0.398 e. The Morgan fingerprint density at radius 2 is 1.78 bits per heavy atom. The molecule has 0 saturated carbocycles. The number of thiol groups is 2. The first kappa shape index (κ1) is 10.3. The first-order valence-corrected chi connectivity index (χ1v) is 7.03. The zero-order valence-electron chi connectivity index (χ0n) is 4.09. The first-order chi connectivity index (χ1) is 3.92. The minimum atomic E-state index is -4.09. The van der Waals surface area contributed by atoms with Crippen LogP contribution in [0.1, 0.15) is 0 Å². The van der Waals surface area contributed by atoms with Crippen molar-refractivity contribution in [1.82, 2.24) is 0 Å². The number of hydrogen-bond donors (Lipinski definition) is 2. The molecule has 0 spiro atoms. The van der Waals surface area contributed by atoms with Gasteiger partial charge >= 0.3 is 6.18 Å². The summed E-state index contributed by atoms with van der Waals surface area (Å²) in [5.74, 6) is -0.855. The zero-order valence-corrected chi connectivity index (χ0v) is 7.59. The highest BCUT2D eigenvalue weighted by atomic mass is 33.3. The van der Waals surface area contributed by atoms with Gasteiger partial charge in [-0.25, -0.2) is 0 Å². The molecule has 0 aromatic heterocycles. The predicted molar refractivity (Wildman–Crippen MR) is 43.4 cm³/mol. The Bertz CT molecular complexity index is 81.6. The predicted octanol–water partition coefficient (Wildman–Crippen LogP) is 3.37. The van der Waals surface area contributed by atoms with Crippen LogP contribution < -0.4 is 0 Å². The molecule has 0 radical (unpaired) electrons. The second-order valence-electron chi connectivity index (χ2n) is 1.14. The fraction of sp³-hybridized carbons (Fsp3) is 1.00. The van der Waals surface area contributed by atoms with Gasteiger partial charge in [0.05, 0.1) is 11.3 Å². The van der Waals surface area contributed by atoms with Crippen LogP contribution in [-0.2, 0) is 0 Å². The van der Waals surface area contributed by atoms with E-state index in [-0.39, 0.29) is 0 Å². The fourth-order valence-corrected chi connectivity index (χ4v) is 2.22. The molecule has 0 bridgehead atoms. The molecule has 56 valence electrons. The van der Waals surface area contributed by atoms with E-state index in [0.717, 1.165) is 0 Å². The second-order valence-corrected chi connectivity index (χ2v) is 9.03. The monoisotopic (exact) mass is 212 g/mol. The smallest absolute Gasteiger partial charge is 0.170 e.